The van der Waals surface area contributed by atoms with Gasteiger partial charge in [-0.3, -0.25) is 14.5 Å². The number of fused-ring (bicyclic) bond motifs is 1. The molecule has 2 aliphatic rings. The Bertz CT molecular complexity index is 1160. The highest BCUT2D eigenvalue weighted by Gasteiger charge is 2.25. The van der Waals surface area contributed by atoms with Crippen molar-refractivity contribution in [3.05, 3.63) is 64.7 Å². The molecular weight excluding hydrogens is 404 g/mol. The van der Waals surface area contributed by atoms with Crippen molar-refractivity contribution in [1.82, 2.24) is 14.9 Å². The van der Waals surface area contributed by atoms with Gasteiger partial charge in [0.15, 0.2) is 0 Å². The highest BCUT2D eigenvalue weighted by atomic mass is 16.5. The lowest BCUT2D eigenvalue weighted by Gasteiger charge is -2.36. The fourth-order valence-electron chi connectivity index (χ4n) is 4.69. The van der Waals surface area contributed by atoms with Crippen molar-refractivity contribution in [2.24, 2.45) is 5.92 Å². The first-order valence-corrected chi connectivity index (χ1v) is 11.4. The van der Waals surface area contributed by atoms with E-state index in [2.05, 4.69) is 25.8 Å². The van der Waals surface area contributed by atoms with Crippen LogP contribution in [0.1, 0.15) is 31.5 Å². The van der Waals surface area contributed by atoms with E-state index in [0.29, 0.717) is 23.5 Å². The number of aromatic amines is 1. The van der Waals surface area contributed by atoms with E-state index >= 15 is 0 Å². The third-order valence-electron chi connectivity index (χ3n) is 6.50. The number of aromatic nitrogens is 2. The number of nitrogens with one attached hydrogen (secondary N) is 1. The molecule has 1 saturated carbocycles. The number of rotatable bonds is 5. The SMILES string of the molecule is O=C(Oc1cccc(N2CCN(Cc3nc4ccccc4c(=O)[nH]3)CC2)c1)C1CCCC1. The second-order valence-corrected chi connectivity index (χ2v) is 8.69. The highest BCUT2D eigenvalue weighted by molar-refractivity contribution is 5.77. The standard InChI is InChI=1S/C25H28N4O3/c30-24-21-10-3-4-11-22(21)26-23(27-24)17-28-12-14-29(15-13-28)19-8-5-9-20(16-19)32-25(31)18-6-1-2-7-18/h3-5,8-11,16,18H,1-2,6-7,12-15,17H2,(H,26,27,30). The molecule has 0 amide bonds. The van der Waals surface area contributed by atoms with Crippen molar-refractivity contribution in [1.29, 1.82) is 0 Å². The first-order chi connectivity index (χ1) is 15.7. The van der Waals surface area contributed by atoms with E-state index in [1.807, 2.05) is 36.4 Å². The molecule has 1 N–H and O–H groups in total. The van der Waals surface area contributed by atoms with Crippen LogP contribution in [0.4, 0.5) is 5.69 Å². The van der Waals surface area contributed by atoms with Crippen molar-refractivity contribution in [2.45, 2.75) is 32.2 Å². The zero-order valence-corrected chi connectivity index (χ0v) is 18.1. The lowest BCUT2D eigenvalue weighted by molar-refractivity contribution is -0.138. The molecule has 2 heterocycles. The predicted molar refractivity (Wildman–Crippen MR) is 124 cm³/mol. The minimum Gasteiger partial charge on any atom is -0.426 e. The molecule has 1 saturated heterocycles. The van der Waals surface area contributed by atoms with E-state index in [1.54, 1.807) is 6.07 Å². The fourth-order valence-corrected chi connectivity index (χ4v) is 4.69. The van der Waals surface area contributed by atoms with Crippen LogP contribution >= 0.6 is 0 Å². The van der Waals surface area contributed by atoms with Crippen LogP contribution in [0.15, 0.2) is 53.3 Å². The Morgan fingerprint density at radius 1 is 1.03 bits per heavy atom. The number of H-pyrrole nitrogens is 1. The molecule has 32 heavy (non-hydrogen) atoms. The van der Waals surface area contributed by atoms with Crippen LogP contribution in [0.3, 0.4) is 0 Å². The summed E-state index contributed by atoms with van der Waals surface area (Å²) in [4.78, 5) is 36.8. The molecule has 1 aliphatic heterocycles. The number of benzene rings is 2. The van der Waals surface area contributed by atoms with Gasteiger partial charge in [-0.25, -0.2) is 4.98 Å². The van der Waals surface area contributed by atoms with Gasteiger partial charge in [0, 0.05) is 37.9 Å². The Kier molecular flexibility index (Phi) is 5.90. The number of carbonyl (C=O) groups excluding carboxylic acids is 1. The second kappa shape index (κ2) is 9.12. The first-order valence-electron chi connectivity index (χ1n) is 11.4. The number of nitrogens with zero attached hydrogens (tertiary/aromatic N) is 3. The summed E-state index contributed by atoms with van der Waals surface area (Å²) >= 11 is 0. The molecule has 5 rings (SSSR count). The first kappa shape index (κ1) is 20.7. The van der Waals surface area contributed by atoms with E-state index in [4.69, 9.17) is 4.74 Å². The molecule has 0 bridgehead atoms. The minimum absolute atomic E-state index is 0.0531. The summed E-state index contributed by atoms with van der Waals surface area (Å²) in [6.45, 7) is 4.06. The lowest BCUT2D eigenvalue weighted by atomic mass is 10.1. The van der Waals surface area contributed by atoms with Crippen LogP contribution in [-0.2, 0) is 11.3 Å². The Hall–Kier alpha value is -3.19. The Labute approximate surface area is 187 Å². The molecule has 7 heteroatoms. The predicted octanol–water partition coefficient (Wildman–Crippen LogP) is 3.34. The number of anilines is 1. The molecule has 7 nitrogen and oxygen atoms in total. The fraction of sp³-hybridized carbons (Fsp3) is 0.400. The Morgan fingerprint density at radius 2 is 1.81 bits per heavy atom. The molecule has 0 radical (unpaired) electrons. The van der Waals surface area contributed by atoms with Crippen LogP contribution < -0.4 is 15.2 Å². The largest absolute Gasteiger partial charge is 0.426 e. The average molecular weight is 433 g/mol. The van der Waals surface area contributed by atoms with Gasteiger partial charge in [-0.15, -0.1) is 0 Å². The van der Waals surface area contributed by atoms with Crippen LogP contribution in [0.5, 0.6) is 5.75 Å². The number of hydrogen-bond donors (Lipinski definition) is 1. The molecule has 2 fully saturated rings. The summed E-state index contributed by atoms with van der Waals surface area (Å²) in [6, 6.07) is 15.2. The van der Waals surface area contributed by atoms with Crippen LogP contribution in [-0.4, -0.2) is 47.0 Å². The van der Waals surface area contributed by atoms with Crippen molar-refractivity contribution >= 4 is 22.6 Å². The molecule has 3 aromatic rings. The summed E-state index contributed by atoms with van der Waals surface area (Å²) < 4.78 is 5.66. The maximum atomic E-state index is 12.4. The smallest absolute Gasteiger partial charge is 0.314 e. The van der Waals surface area contributed by atoms with Gasteiger partial charge < -0.3 is 14.6 Å². The molecule has 1 aromatic heterocycles. The van der Waals surface area contributed by atoms with Gasteiger partial charge in [-0.1, -0.05) is 31.0 Å². The van der Waals surface area contributed by atoms with Gasteiger partial charge >= 0.3 is 5.97 Å². The number of para-hydroxylation sites is 1. The normalized spacial score (nSPS) is 17.7. The van der Waals surface area contributed by atoms with Crippen LogP contribution in [0.25, 0.3) is 10.9 Å². The van der Waals surface area contributed by atoms with E-state index in [0.717, 1.165) is 63.1 Å². The van der Waals surface area contributed by atoms with E-state index in [1.165, 1.54) is 0 Å². The van der Waals surface area contributed by atoms with E-state index in [9.17, 15) is 9.59 Å². The Balaban J connectivity index is 1.19. The topological polar surface area (TPSA) is 78.5 Å². The maximum Gasteiger partial charge on any atom is 0.314 e. The number of esters is 1. The van der Waals surface area contributed by atoms with Crippen molar-refractivity contribution in [3.8, 4) is 5.75 Å². The summed E-state index contributed by atoms with van der Waals surface area (Å²) in [5, 5.41) is 0.620. The Morgan fingerprint density at radius 3 is 2.62 bits per heavy atom. The monoisotopic (exact) mass is 432 g/mol. The van der Waals surface area contributed by atoms with Gasteiger partial charge in [-0.2, -0.15) is 0 Å². The van der Waals surface area contributed by atoms with Gasteiger partial charge in [0.25, 0.3) is 5.56 Å². The molecule has 0 unspecified atom stereocenters. The molecule has 1 aliphatic carbocycles. The maximum absolute atomic E-state index is 12.4. The number of carbonyl (C=O) groups is 1. The molecule has 166 valence electrons. The summed E-state index contributed by atoms with van der Waals surface area (Å²) in [5.41, 5.74) is 1.71. The van der Waals surface area contributed by atoms with Gasteiger partial charge in [0.2, 0.25) is 0 Å². The summed E-state index contributed by atoms with van der Waals surface area (Å²) in [7, 11) is 0. The second-order valence-electron chi connectivity index (χ2n) is 8.69. The van der Waals surface area contributed by atoms with Crippen molar-refractivity contribution in [2.75, 3.05) is 31.1 Å². The summed E-state index contributed by atoms with van der Waals surface area (Å²) in [5.74, 6) is 1.28. The quantitative estimate of drug-likeness (QED) is 0.492. The zero-order valence-electron chi connectivity index (χ0n) is 18.1. The van der Waals surface area contributed by atoms with Gasteiger partial charge in [0.05, 0.1) is 23.4 Å². The number of piperazine rings is 1. The van der Waals surface area contributed by atoms with Crippen molar-refractivity contribution in [3.63, 3.8) is 0 Å². The molecule has 0 atom stereocenters. The molecule has 2 aromatic carbocycles. The number of hydrogen-bond acceptors (Lipinski definition) is 6. The third kappa shape index (κ3) is 4.53. The summed E-state index contributed by atoms with van der Waals surface area (Å²) in [6.07, 6.45) is 4.12. The third-order valence-corrected chi connectivity index (χ3v) is 6.50. The van der Waals surface area contributed by atoms with Crippen LogP contribution in [0, 0.1) is 5.92 Å². The molecular formula is C25H28N4O3. The number of ether oxygens (including phenoxy) is 1. The van der Waals surface area contributed by atoms with Crippen LogP contribution in [0.2, 0.25) is 0 Å². The van der Waals surface area contributed by atoms with E-state index < -0.39 is 0 Å². The lowest BCUT2D eigenvalue weighted by Crippen LogP contribution is -2.46. The zero-order chi connectivity index (χ0) is 21.9. The highest BCUT2D eigenvalue weighted by Crippen LogP contribution is 2.28. The average Bonchev–Trinajstić information content (AvgIpc) is 3.35. The van der Waals surface area contributed by atoms with E-state index in [-0.39, 0.29) is 17.4 Å². The van der Waals surface area contributed by atoms with Gasteiger partial charge in [-0.05, 0) is 37.1 Å². The van der Waals surface area contributed by atoms with Gasteiger partial charge in [0.1, 0.15) is 11.6 Å². The minimum atomic E-state index is -0.0960. The van der Waals surface area contributed by atoms with Crippen molar-refractivity contribution < 1.29 is 9.53 Å². The molecule has 0 spiro atoms.